The standard InChI is InChI=1S/C14H13F2N5O2/c15-8-3-4-10(16)9(6-8)11-2-1-5-20(11)14-18-7-12(21(22)23)13(17)19-14/h3-4,6-7,11H,1-2,5H2,(H2,17,18,19). The molecule has 0 radical (unpaired) electrons. The first kappa shape index (κ1) is 15.1. The van der Waals surface area contributed by atoms with Crippen molar-refractivity contribution in [3.05, 3.63) is 51.7 Å². The van der Waals surface area contributed by atoms with Crippen LogP contribution in [0.1, 0.15) is 24.4 Å². The second-order valence-electron chi connectivity index (χ2n) is 5.21. The predicted octanol–water partition coefficient (Wildman–Crippen LogP) is 2.59. The normalized spacial score (nSPS) is 17.5. The Kier molecular flexibility index (Phi) is 3.77. The van der Waals surface area contributed by atoms with Gasteiger partial charge in [0.25, 0.3) is 0 Å². The van der Waals surface area contributed by atoms with Gasteiger partial charge in [-0.2, -0.15) is 4.98 Å². The van der Waals surface area contributed by atoms with Crippen molar-refractivity contribution in [1.29, 1.82) is 0 Å². The number of anilines is 2. The van der Waals surface area contributed by atoms with E-state index in [1.165, 1.54) is 0 Å². The molecule has 3 rings (SSSR count). The largest absolute Gasteiger partial charge is 0.378 e. The van der Waals surface area contributed by atoms with Crippen molar-refractivity contribution >= 4 is 17.5 Å². The van der Waals surface area contributed by atoms with Gasteiger partial charge < -0.3 is 10.6 Å². The third kappa shape index (κ3) is 2.77. The average Bonchev–Trinajstić information content (AvgIpc) is 2.98. The van der Waals surface area contributed by atoms with E-state index in [2.05, 4.69) is 9.97 Å². The van der Waals surface area contributed by atoms with Gasteiger partial charge in [0.2, 0.25) is 11.8 Å². The second-order valence-corrected chi connectivity index (χ2v) is 5.21. The van der Waals surface area contributed by atoms with Crippen LogP contribution >= 0.6 is 0 Å². The molecule has 0 aliphatic carbocycles. The summed E-state index contributed by atoms with van der Waals surface area (Å²) in [5.74, 6) is -1.14. The maximum absolute atomic E-state index is 14.0. The molecule has 1 aromatic heterocycles. The Labute approximate surface area is 129 Å². The second kappa shape index (κ2) is 5.75. The molecule has 0 saturated carbocycles. The van der Waals surface area contributed by atoms with Gasteiger partial charge in [-0.25, -0.2) is 13.8 Å². The van der Waals surface area contributed by atoms with Crippen molar-refractivity contribution in [2.45, 2.75) is 18.9 Å². The minimum atomic E-state index is -0.674. The molecule has 23 heavy (non-hydrogen) atoms. The number of hydrogen-bond acceptors (Lipinski definition) is 6. The number of benzene rings is 1. The number of nitrogens with two attached hydrogens (primary N) is 1. The third-order valence-corrected chi connectivity index (χ3v) is 3.81. The summed E-state index contributed by atoms with van der Waals surface area (Å²) in [7, 11) is 0. The van der Waals surface area contributed by atoms with E-state index in [1.54, 1.807) is 4.90 Å². The van der Waals surface area contributed by atoms with Gasteiger partial charge in [-0.3, -0.25) is 10.1 Å². The molecule has 120 valence electrons. The van der Waals surface area contributed by atoms with Crippen LogP contribution in [0.2, 0.25) is 0 Å². The molecular weight excluding hydrogens is 308 g/mol. The van der Waals surface area contributed by atoms with Crippen molar-refractivity contribution in [2.24, 2.45) is 0 Å². The van der Waals surface area contributed by atoms with Crippen LogP contribution in [0.4, 0.5) is 26.2 Å². The summed E-state index contributed by atoms with van der Waals surface area (Å²) in [6.45, 7) is 0.526. The number of nitrogens with zero attached hydrogens (tertiary/aromatic N) is 4. The van der Waals surface area contributed by atoms with Gasteiger partial charge in [0, 0.05) is 12.1 Å². The molecule has 0 bridgehead atoms. The Bertz CT molecular complexity index is 771. The summed E-state index contributed by atoms with van der Waals surface area (Å²) in [6.07, 6.45) is 2.36. The van der Waals surface area contributed by atoms with Crippen LogP contribution in [0, 0.1) is 21.7 Å². The molecule has 1 aliphatic heterocycles. The average molecular weight is 321 g/mol. The number of hydrogen-bond donors (Lipinski definition) is 1. The molecule has 1 aliphatic rings. The lowest BCUT2D eigenvalue weighted by atomic mass is 10.0. The summed E-state index contributed by atoms with van der Waals surface area (Å²) >= 11 is 0. The molecule has 1 fully saturated rings. The fourth-order valence-electron chi connectivity index (χ4n) is 2.76. The molecule has 1 aromatic carbocycles. The van der Waals surface area contributed by atoms with E-state index in [0.29, 0.717) is 13.0 Å². The minimum absolute atomic E-state index is 0.166. The van der Waals surface area contributed by atoms with E-state index in [0.717, 1.165) is 30.8 Å². The summed E-state index contributed by atoms with van der Waals surface area (Å²) in [5.41, 5.74) is 5.40. The van der Waals surface area contributed by atoms with Crippen LogP contribution in [0.25, 0.3) is 0 Å². The van der Waals surface area contributed by atoms with E-state index < -0.39 is 22.6 Å². The van der Waals surface area contributed by atoms with Gasteiger partial charge in [-0.1, -0.05) is 0 Å². The van der Waals surface area contributed by atoms with Crippen LogP contribution in [-0.4, -0.2) is 21.4 Å². The Morgan fingerprint density at radius 1 is 1.39 bits per heavy atom. The zero-order chi connectivity index (χ0) is 16.6. The molecule has 9 heteroatoms. The molecule has 1 saturated heterocycles. The summed E-state index contributed by atoms with van der Waals surface area (Å²) < 4.78 is 27.4. The number of halogens is 2. The lowest BCUT2D eigenvalue weighted by molar-refractivity contribution is -0.384. The summed E-state index contributed by atoms with van der Waals surface area (Å²) in [4.78, 5) is 19.7. The highest BCUT2D eigenvalue weighted by Crippen LogP contribution is 2.36. The zero-order valence-electron chi connectivity index (χ0n) is 11.9. The lowest BCUT2D eigenvalue weighted by Crippen LogP contribution is -2.26. The van der Waals surface area contributed by atoms with E-state index in [4.69, 9.17) is 5.73 Å². The highest BCUT2D eigenvalue weighted by molar-refractivity contribution is 5.54. The zero-order valence-corrected chi connectivity index (χ0v) is 11.9. The molecule has 2 N–H and O–H groups in total. The maximum Gasteiger partial charge on any atom is 0.329 e. The molecule has 7 nitrogen and oxygen atoms in total. The fraction of sp³-hybridized carbons (Fsp3) is 0.286. The van der Waals surface area contributed by atoms with Crippen LogP contribution in [0.5, 0.6) is 0 Å². The number of rotatable bonds is 3. The molecular formula is C14H13F2N5O2. The van der Waals surface area contributed by atoms with E-state index in [9.17, 15) is 18.9 Å². The monoisotopic (exact) mass is 321 g/mol. The molecule has 1 atom stereocenters. The van der Waals surface area contributed by atoms with Crippen molar-refractivity contribution in [3.63, 3.8) is 0 Å². The number of nitro groups is 1. The highest BCUT2D eigenvalue weighted by Gasteiger charge is 2.31. The first-order chi connectivity index (χ1) is 11.0. The SMILES string of the molecule is Nc1nc(N2CCCC2c2cc(F)ccc2F)ncc1[N+](=O)[O-]. The Balaban J connectivity index is 1.97. The first-order valence-electron chi connectivity index (χ1n) is 6.96. The van der Waals surface area contributed by atoms with Gasteiger partial charge in [-0.05, 0) is 31.0 Å². The van der Waals surface area contributed by atoms with Crippen LogP contribution in [-0.2, 0) is 0 Å². The Morgan fingerprint density at radius 2 is 2.17 bits per heavy atom. The molecule has 0 spiro atoms. The molecule has 1 unspecified atom stereocenters. The van der Waals surface area contributed by atoms with Gasteiger partial charge >= 0.3 is 5.69 Å². The molecule has 2 heterocycles. The molecule has 2 aromatic rings. The number of nitrogen functional groups attached to an aromatic ring is 1. The van der Waals surface area contributed by atoms with Gasteiger partial charge in [-0.15, -0.1) is 0 Å². The van der Waals surface area contributed by atoms with Crippen molar-refractivity contribution in [3.8, 4) is 0 Å². The van der Waals surface area contributed by atoms with Crippen LogP contribution in [0.3, 0.4) is 0 Å². The smallest absolute Gasteiger partial charge is 0.329 e. The quantitative estimate of drug-likeness (QED) is 0.689. The highest BCUT2D eigenvalue weighted by atomic mass is 19.1. The van der Waals surface area contributed by atoms with Gasteiger partial charge in [0.15, 0.2) is 0 Å². The summed E-state index contributed by atoms with van der Waals surface area (Å²) in [6, 6.07) is 2.84. The first-order valence-corrected chi connectivity index (χ1v) is 6.96. The van der Waals surface area contributed by atoms with Crippen molar-refractivity contribution < 1.29 is 13.7 Å². The van der Waals surface area contributed by atoms with Crippen molar-refractivity contribution in [1.82, 2.24) is 9.97 Å². The fourth-order valence-corrected chi connectivity index (χ4v) is 2.76. The van der Waals surface area contributed by atoms with E-state index >= 15 is 0 Å². The van der Waals surface area contributed by atoms with Crippen LogP contribution < -0.4 is 10.6 Å². The predicted molar refractivity (Wildman–Crippen MR) is 78.8 cm³/mol. The van der Waals surface area contributed by atoms with Gasteiger partial charge in [0.1, 0.15) is 17.8 Å². The maximum atomic E-state index is 14.0. The Hall–Kier alpha value is -2.84. The number of aromatic nitrogens is 2. The summed E-state index contributed by atoms with van der Waals surface area (Å²) in [5, 5.41) is 10.8. The minimum Gasteiger partial charge on any atom is -0.378 e. The third-order valence-electron chi connectivity index (χ3n) is 3.81. The van der Waals surface area contributed by atoms with E-state index in [1.807, 2.05) is 0 Å². The Morgan fingerprint density at radius 3 is 2.87 bits per heavy atom. The van der Waals surface area contributed by atoms with Crippen LogP contribution in [0.15, 0.2) is 24.4 Å². The molecule has 0 amide bonds. The van der Waals surface area contributed by atoms with Crippen molar-refractivity contribution in [2.75, 3.05) is 17.2 Å². The lowest BCUT2D eigenvalue weighted by Gasteiger charge is -2.25. The van der Waals surface area contributed by atoms with Gasteiger partial charge in [0.05, 0.1) is 11.0 Å². The topological polar surface area (TPSA) is 98.2 Å². The van der Waals surface area contributed by atoms with E-state index in [-0.39, 0.29) is 23.0 Å².